The van der Waals surface area contributed by atoms with E-state index < -0.39 is 5.91 Å². The summed E-state index contributed by atoms with van der Waals surface area (Å²) >= 11 is 0. The molecule has 126 valence electrons. The van der Waals surface area contributed by atoms with E-state index in [0.29, 0.717) is 11.5 Å². The van der Waals surface area contributed by atoms with Crippen molar-refractivity contribution in [3.63, 3.8) is 0 Å². The third-order valence-corrected chi connectivity index (χ3v) is 4.07. The number of hydrogen-bond donors (Lipinski definition) is 1. The van der Waals surface area contributed by atoms with Crippen LogP contribution in [0.1, 0.15) is 17.9 Å². The number of ether oxygens (including phenoxy) is 1. The fourth-order valence-electron chi connectivity index (χ4n) is 2.76. The second kappa shape index (κ2) is 7.42. The SMILES string of the molecule is COCCN1CC=C(c2ccc3nc(C=CC(N)=O)oc3c2)CC1. The standard InChI is InChI=1S/C18H21N3O3/c1-23-11-10-21-8-6-13(7-9-21)14-2-3-15-16(12-14)24-18(20-15)5-4-17(19)22/h2-6,12H,7-11H2,1H3,(H2,19,22). The number of hydrogen-bond acceptors (Lipinski definition) is 5. The van der Waals surface area contributed by atoms with Gasteiger partial charge < -0.3 is 14.9 Å². The lowest BCUT2D eigenvalue weighted by Gasteiger charge is -2.26. The highest BCUT2D eigenvalue weighted by Gasteiger charge is 2.14. The number of carbonyl (C=O) groups excluding carboxylic acids is 1. The Morgan fingerprint density at radius 2 is 2.38 bits per heavy atom. The van der Waals surface area contributed by atoms with Crippen molar-refractivity contribution in [2.45, 2.75) is 6.42 Å². The molecule has 0 saturated heterocycles. The fraction of sp³-hybridized carbons (Fsp3) is 0.333. The second-order valence-electron chi connectivity index (χ2n) is 5.74. The minimum Gasteiger partial charge on any atom is -0.437 e. The van der Waals surface area contributed by atoms with Gasteiger partial charge in [0.15, 0.2) is 5.58 Å². The van der Waals surface area contributed by atoms with Crippen molar-refractivity contribution in [3.8, 4) is 0 Å². The Labute approximate surface area is 140 Å². The lowest BCUT2D eigenvalue weighted by atomic mass is 9.99. The molecule has 2 N–H and O–H groups in total. The summed E-state index contributed by atoms with van der Waals surface area (Å²) in [7, 11) is 1.73. The lowest BCUT2D eigenvalue weighted by Crippen LogP contribution is -2.31. The van der Waals surface area contributed by atoms with Crippen LogP contribution < -0.4 is 5.73 Å². The van der Waals surface area contributed by atoms with Crippen LogP contribution in [0.25, 0.3) is 22.7 Å². The molecule has 3 rings (SSSR count). The number of fused-ring (bicyclic) bond motifs is 1. The van der Waals surface area contributed by atoms with E-state index in [-0.39, 0.29) is 0 Å². The molecule has 1 amide bonds. The third-order valence-electron chi connectivity index (χ3n) is 4.07. The quantitative estimate of drug-likeness (QED) is 0.821. The minimum absolute atomic E-state index is 0.379. The van der Waals surface area contributed by atoms with Gasteiger partial charge in [0.25, 0.3) is 0 Å². The monoisotopic (exact) mass is 327 g/mol. The Kier molecular flexibility index (Phi) is 5.08. The van der Waals surface area contributed by atoms with Crippen molar-refractivity contribution >= 4 is 28.7 Å². The highest BCUT2D eigenvalue weighted by atomic mass is 16.5. The Morgan fingerprint density at radius 3 is 3.08 bits per heavy atom. The molecule has 24 heavy (non-hydrogen) atoms. The van der Waals surface area contributed by atoms with Crippen LogP contribution in [0.2, 0.25) is 0 Å². The highest BCUT2D eigenvalue weighted by molar-refractivity contribution is 5.90. The predicted molar refractivity (Wildman–Crippen MR) is 93.1 cm³/mol. The summed E-state index contributed by atoms with van der Waals surface area (Å²) in [5.41, 5.74) is 9.02. The van der Waals surface area contributed by atoms with Gasteiger partial charge in [-0.2, -0.15) is 0 Å². The molecule has 6 nitrogen and oxygen atoms in total. The zero-order valence-electron chi connectivity index (χ0n) is 13.7. The average molecular weight is 327 g/mol. The summed E-state index contributed by atoms with van der Waals surface area (Å²) in [5, 5.41) is 0. The number of amides is 1. The lowest BCUT2D eigenvalue weighted by molar-refractivity contribution is -0.113. The number of nitrogens with zero attached hydrogens (tertiary/aromatic N) is 2. The van der Waals surface area contributed by atoms with E-state index in [0.717, 1.165) is 43.7 Å². The fourth-order valence-corrected chi connectivity index (χ4v) is 2.76. The topological polar surface area (TPSA) is 81.6 Å². The van der Waals surface area contributed by atoms with Crippen LogP contribution in [-0.4, -0.2) is 49.1 Å². The number of primary amides is 1. The minimum atomic E-state index is -0.525. The van der Waals surface area contributed by atoms with Crippen LogP contribution in [0.5, 0.6) is 0 Å². The molecule has 0 unspecified atom stereocenters. The number of methoxy groups -OCH3 is 1. The number of carbonyl (C=O) groups is 1. The van der Waals surface area contributed by atoms with Crippen molar-refractivity contribution in [1.82, 2.24) is 9.88 Å². The summed E-state index contributed by atoms with van der Waals surface area (Å²) in [6.45, 7) is 3.67. The average Bonchev–Trinajstić information content (AvgIpc) is 3.00. The van der Waals surface area contributed by atoms with E-state index in [1.54, 1.807) is 7.11 Å². The van der Waals surface area contributed by atoms with Crippen molar-refractivity contribution < 1.29 is 13.9 Å². The van der Waals surface area contributed by atoms with Crippen LogP contribution in [-0.2, 0) is 9.53 Å². The summed E-state index contributed by atoms with van der Waals surface area (Å²) in [4.78, 5) is 17.5. The number of nitrogens with two attached hydrogens (primary N) is 1. The normalized spacial score (nSPS) is 16.0. The molecule has 1 aliphatic rings. The van der Waals surface area contributed by atoms with Gasteiger partial charge in [-0.25, -0.2) is 4.98 Å². The molecule has 0 atom stereocenters. The molecule has 1 aromatic heterocycles. The first-order chi connectivity index (χ1) is 11.7. The van der Waals surface area contributed by atoms with Gasteiger partial charge in [0.2, 0.25) is 11.8 Å². The molecule has 2 heterocycles. The van der Waals surface area contributed by atoms with Crippen molar-refractivity contribution in [2.24, 2.45) is 5.73 Å². The van der Waals surface area contributed by atoms with Crippen LogP contribution in [0.15, 0.2) is 34.8 Å². The molecule has 1 aromatic carbocycles. The number of rotatable bonds is 6. The van der Waals surface area contributed by atoms with Gasteiger partial charge in [-0.1, -0.05) is 12.1 Å². The third kappa shape index (κ3) is 3.90. The number of oxazole rings is 1. The first-order valence-corrected chi connectivity index (χ1v) is 7.94. The zero-order chi connectivity index (χ0) is 16.9. The maximum atomic E-state index is 10.8. The largest absolute Gasteiger partial charge is 0.437 e. The van der Waals surface area contributed by atoms with Gasteiger partial charge in [0.05, 0.1) is 6.61 Å². The first kappa shape index (κ1) is 16.4. The zero-order valence-corrected chi connectivity index (χ0v) is 13.7. The Hall–Kier alpha value is -2.44. The van der Waals surface area contributed by atoms with Gasteiger partial charge in [-0.15, -0.1) is 0 Å². The van der Waals surface area contributed by atoms with Gasteiger partial charge in [0, 0.05) is 38.9 Å². The summed E-state index contributed by atoms with van der Waals surface area (Å²) in [6, 6.07) is 6.00. The molecular weight excluding hydrogens is 306 g/mol. The molecular formula is C18H21N3O3. The van der Waals surface area contributed by atoms with Crippen LogP contribution >= 0.6 is 0 Å². The van der Waals surface area contributed by atoms with E-state index in [1.165, 1.54) is 17.7 Å². The second-order valence-corrected chi connectivity index (χ2v) is 5.74. The summed E-state index contributed by atoms with van der Waals surface area (Å²) in [6.07, 6.45) is 5.97. The van der Waals surface area contributed by atoms with Crippen LogP contribution in [0.4, 0.5) is 0 Å². The van der Waals surface area contributed by atoms with Crippen LogP contribution in [0.3, 0.4) is 0 Å². The molecule has 2 aromatic rings. The van der Waals surface area contributed by atoms with Crippen molar-refractivity contribution in [3.05, 3.63) is 41.8 Å². The molecule has 0 bridgehead atoms. The Morgan fingerprint density at radius 1 is 1.50 bits per heavy atom. The maximum Gasteiger partial charge on any atom is 0.241 e. The molecule has 0 aliphatic carbocycles. The number of benzene rings is 1. The molecule has 1 aliphatic heterocycles. The van der Waals surface area contributed by atoms with E-state index in [4.69, 9.17) is 14.9 Å². The first-order valence-electron chi connectivity index (χ1n) is 7.94. The van der Waals surface area contributed by atoms with Crippen LogP contribution in [0, 0.1) is 0 Å². The van der Waals surface area contributed by atoms with E-state index in [9.17, 15) is 4.79 Å². The summed E-state index contributed by atoms with van der Waals surface area (Å²) < 4.78 is 10.8. The molecule has 0 saturated carbocycles. The molecule has 0 spiro atoms. The van der Waals surface area contributed by atoms with E-state index in [2.05, 4.69) is 22.0 Å². The molecule has 0 fully saturated rings. The van der Waals surface area contributed by atoms with Gasteiger partial charge in [-0.05, 0) is 29.7 Å². The maximum absolute atomic E-state index is 10.8. The van der Waals surface area contributed by atoms with Gasteiger partial charge >= 0.3 is 0 Å². The van der Waals surface area contributed by atoms with E-state index in [1.807, 2.05) is 12.1 Å². The predicted octanol–water partition coefficient (Wildman–Crippen LogP) is 2.06. The van der Waals surface area contributed by atoms with Crippen molar-refractivity contribution in [1.29, 1.82) is 0 Å². The van der Waals surface area contributed by atoms with Gasteiger partial charge in [0.1, 0.15) is 5.52 Å². The highest BCUT2D eigenvalue weighted by Crippen LogP contribution is 2.26. The molecule has 6 heteroatoms. The Balaban J connectivity index is 1.76. The molecule has 0 radical (unpaired) electrons. The Bertz CT molecular complexity index is 792. The van der Waals surface area contributed by atoms with Crippen molar-refractivity contribution in [2.75, 3.05) is 33.4 Å². The number of aromatic nitrogens is 1. The smallest absolute Gasteiger partial charge is 0.241 e. The van der Waals surface area contributed by atoms with E-state index >= 15 is 0 Å². The van der Waals surface area contributed by atoms with Gasteiger partial charge in [-0.3, -0.25) is 9.69 Å². The summed E-state index contributed by atoms with van der Waals surface area (Å²) in [5.74, 6) is -0.146.